The second kappa shape index (κ2) is 8.77. The van der Waals surface area contributed by atoms with Gasteiger partial charge in [0.15, 0.2) is 0 Å². The van der Waals surface area contributed by atoms with Crippen molar-refractivity contribution in [3.05, 3.63) is 54.1 Å². The Balaban J connectivity index is 1.61. The van der Waals surface area contributed by atoms with Crippen molar-refractivity contribution < 1.29 is 19.1 Å². The lowest BCUT2D eigenvalue weighted by Gasteiger charge is -2.20. The number of carbonyl (C=O) groups excluding carboxylic acids is 3. The highest BCUT2D eigenvalue weighted by Gasteiger charge is 2.35. The molecule has 0 aromatic heterocycles. The molecule has 0 saturated carbocycles. The number of ether oxygens (including phenoxy) is 1. The number of methoxy groups -OCH3 is 1. The number of nitrogens with zero attached hydrogens (tertiary/aromatic N) is 1. The van der Waals surface area contributed by atoms with Crippen LogP contribution in [0.15, 0.2) is 48.5 Å². The normalized spacial score (nSPS) is 16.1. The topological polar surface area (TPSA) is 87.7 Å². The maximum absolute atomic E-state index is 12.5. The van der Waals surface area contributed by atoms with Crippen LogP contribution in [0.3, 0.4) is 0 Å². The fraction of sp³-hybridized carbons (Fsp3) is 0.318. The largest absolute Gasteiger partial charge is 0.495 e. The predicted octanol–water partition coefficient (Wildman–Crippen LogP) is 3.14. The van der Waals surface area contributed by atoms with E-state index >= 15 is 0 Å². The third kappa shape index (κ3) is 4.74. The average Bonchev–Trinajstić information content (AvgIpc) is 3.11. The van der Waals surface area contributed by atoms with Crippen LogP contribution in [0.4, 0.5) is 11.4 Å². The van der Waals surface area contributed by atoms with E-state index in [4.69, 9.17) is 4.74 Å². The molecule has 7 heteroatoms. The summed E-state index contributed by atoms with van der Waals surface area (Å²) in [6, 6.07) is 13.9. The number of hydrogen-bond donors (Lipinski definition) is 2. The van der Waals surface area contributed by atoms with Crippen LogP contribution < -0.4 is 15.4 Å². The van der Waals surface area contributed by atoms with Crippen molar-refractivity contribution in [2.24, 2.45) is 5.92 Å². The summed E-state index contributed by atoms with van der Waals surface area (Å²) < 4.78 is 5.23. The molecule has 2 N–H and O–H groups in total. The quantitative estimate of drug-likeness (QED) is 0.787. The van der Waals surface area contributed by atoms with E-state index in [9.17, 15) is 14.4 Å². The highest BCUT2D eigenvalue weighted by molar-refractivity contribution is 6.05. The predicted molar refractivity (Wildman–Crippen MR) is 111 cm³/mol. The van der Waals surface area contributed by atoms with Gasteiger partial charge in [-0.1, -0.05) is 12.1 Å². The van der Waals surface area contributed by atoms with Gasteiger partial charge in [0.05, 0.1) is 18.7 Å². The molecule has 29 heavy (non-hydrogen) atoms. The zero-order valence-electron chi connectivity index (χ0n) is 16.8. The van der Waals surface area contributed by atoms with Gasteiger partial charge in [0.1, 0.15) is 5.75 Å². The van der Waals surface area contributed by atoms with Gasteiger partial charge in [0.2, 0.25) is 11.8 Å². The first kappa shape index (κ1) is 20.4. The lowest BCUT2D eigenvalue weighted by molar-refractivity contribution is -0.129. The number of hydrogen-bond acceptors (Lipinski definition) is 4. The summed E-state index contributed by atoms with van der Waals surface area (Å²) in [6.07, 6.45) is 0.226. The summed E-state index contributed by atoms with van der Waals surface area (Å²) in [4.78, 5) is 38.6. The molecule has 1 atom stereocenters. The molecule has 1 fully saturated rings. The van der Waals surface area contributed by atoms with Crippen molar-refractivity contribution in [3.8, 4) is 5.75 Å². The first-order chi connectivity index (χ1) is 13.9. The fourth-order valence-corrected chi connectivity index (χ4v) is 3.30. The van der Waals surface area contributed by atoms with Gasteiger partial charge in [-0.3, -0.25) is 14.4 Å². The number of amides is 3. The number of nitrogens with one attached hydrogen (secondary N) is 2. The Bertz CT molecular complexity index is 909. The smallest absolute Gasteiger partial charge is 0.255 e. The molecule has 1 heterocycles. The Kier molecular flexibility index (Phi) is 6.16. The van der Waals surface area contributed by atoms with Crippen LogP contribution in [-0.4, -0.2) is 42.3 Å². The van der Waals surface area contributed by atoms with Crippen LogP contribution in [0, 0.1) is 5.92 Å². The van der Waals surface area contributed by atoms with E-state index < -0.39 is 0 Å². The Hall–Kier alpha value is -3.35. The van der Waals surface area contributed by atoms with Crippen LogP contribution in [0.2, 0.25) is 0 Å². The number of carbonyl (C=O) groups is 3. The van der Waals surface area contributed by atoms with Gasteiger partial charge in [-0.25, -0.2) is 0 Å². The monoisotopic (exact) mass is 395 g/mol. The number of anilines is 2. The van der Waals surface area contributed by atoms with Crippen LogP contribution in [0.25, 0.3) is 0 Å². The number of benzene rings is 2. The number of para-hydroxylation sites is 2. The van der Waals surface area contributed by atoms with Crippen molar-refractivity contribution in [3.63, 3.8) is 0 Å². The van der Waals surface area contributed by atoms with Crippen molar-refractivity contribution in [1.29, 1.82) is 0 Å². The first-order valence-corrected chi connectivity index (χ1v) is 9.53. The summed E-state index contributed by atoms with van der Waals surface area (Å²) in [7, 11) is 1.54. The standard InChI is InChI=1S/C22H25N3O4/c1-14(2)25-13-16(12-20(25)26)22(28)23-17-10-8-15(9-11-17)21(27)24-18-6-4-5-7-19(18)29-3/h4-11,14,16H,12-13H2,1-3H3,(H,23,28)(H,24,27). The maximum Gasteiger partial charge on any atom is 0.255 e. The van der Waals surface area contributed by atoms with Gasteiger partial charge in [-0.2, -0.15) is 0 Å². The first-order valence-electron chi connectivity index (χ1n) is 9.53. The van der Waals surface area contributed by atoms with E-state index in [0.717, 1.165) is 0 Å². The zero-order chi connectivity index (χ0) is 21.0. The SMILES string of the molecule is COc1ccccc1NC(=O)c1ccc(NC(=O)C2CC(=O)N(C(C)C)C2)cc1. The van der Waals surface area contributed by atoms with Gasteiger partial charge >= 0.3 is 0 Å². The summed E-state index contributed by atoms with van der Waals surface area (Å²) >= 11 is 0. The summed E-state index contributed by atoms with van der Waals surface area (Å²) in [5.41, 5.74) is 1.62. The molecule has 1 unspecified atom stereocenters. The lowest BCUT2D eigenvalue weighted by Crippen LogP contribution is -2.33. The molecule has 2 aromatic rings. The Morgan fingerprint density at radius 2 is 1.76 bits per heavy atom. The highest BCUT2D eigenvalue weighted by atomic mass is 16.5. The van der Waals surface area contributed by atoms with Crippen LogP contribution in [0.1, 0.15) is 30.6 Å². The van der Waals surface area contributed by atoms with Crippen molar-refractivity contribution in [2.45, 2.75) is 26.3 Å². The highest BCUT2D eigenvalue weighted by Crippen LogP contribution is 2.24. The molecule has 7 nitrogen and oxygen atoms in total. The van der Waals surface area contributed by atoms with E-state index in [1.165, 1.54) is 0 Å². The van der Waals surface area contributed by atoms with Crippen molar-refractivity contribution in [1.82, 2.24) is 4.90 Å². The van der Waals surface area contributed by atoms with Crippen LogP contribution in [-0.2, 0) is 9.59 Å². The third-order valence-electron chi connectivity index (χ3n) is 4.92. The van der Waals surface area contributed by atoms with Crippen LogP contribution >= 0.6 is 0 Å². The lowest BCUT2D eigenvalue weighted by atomic mass is 10.1. The Morgan fingerprint density at radius 1 is 1.07 bits per heavy atom. The minimum atomic E-state index is -0.363. The Labute approximate surface area is 170 Å². The zero-order valence-corrected chi connectivity index (χ0v) is 16.8. The second-order valence-corrected chi connectivity index (χ2v) is 7.26. The van der Waals surface area contributed by atoms with E-state index in [2.05, 4.69) is 10.6 Å². The van der Waals surface area contributed by atoms with Gasteiger partial charge in [-0.15, -0.1) is 0 Å². The second-order valence-electron chi connectivity index (χ2n) is 7.26. The molecule has 0 bridgehead atoms. The minimum Gasteiger partial charge on any atom is -0.495 e. The molecule has 0 spiro atoms. The molecule has 1 aliphatic heterocycles. The molecular weight excluding hydrogens is 370 g/mol. The minimum absolute atomic E-state index is 0.00325. The van der Waals surface area contributed by atoms with Gasteiger partial charge in [0.25, 0.3) is 5.91 Å². The van der Waals surface area contributed by atoms with E-state index in [-0.39, 0.29) is 36.1 Å². The third-order valence-corrected chi connectivity index (χ3v) is 4.92. The molecule has 3 amide bonds. The molecule has 152 valence electrons. The van der Waals surface area contributed by atoms with E-state index in [0.29, 0.717) is 29.2 Å². The summed E-state index contributed by atoms with van der Waals surface area (Å²) in [6.45, 7) is 4.31. The van der Waals surface area contributed by atoms with Crippen LogP contribution in [0.5, 0.6) is 5.75 Å². The molecule has 1 aliphatic rings. The fourth-order valence-electron chi connectivity index (χ4n) is 3.30. The summed E-state index contributed by atoms with van der Waals surface area (Å²) in [5, 5.41) is 5.64. The molecule has 2 aromatic carbocycles. The molecule has 1 saturated heterocycles. The maximum atomic E-state index is 12.5. The van der Waals surface area contributed by atoms with Gasteiger partial charge in [0, 0.05) is 30.3 Å². The van der Waals surface area contributed by atoms with Crippen molar-refractivity contribution >= 4 is 29.1 Å². The molecule has 3 rings (SSSR count). The van der Waals surface area contributed by atoms with E-state index in [1.54, 1.807) is 48.4 Å². The molecule has 0 radical (unpaired) electrons. The molecular formula is C22H25N3O4. The van der Waals surface area contributed by atoms with Gasteiger partial charge < -0.3 is 20.3 Å². The van der Waals surface area contributed by atoms with Gasteiger partial charge in [-0.05, 0) is 50.2 Å². The number of rotatable bonds is 6. The van der Waals surface area contributed by atoms with Crippen molar-refractivity contribution in [2.75, 3.05) is 24.3 Å². The molecule has 0 aliphatic carbocycles. The number of likely N-dealkylation sites (tertiary alicyclic amines) is 1. The average molecular weight is 395 g/mol. The van der Waals surface area contributed by atoms with E-state index in [1.807, 2.05) is 26.0 Å². The Morgan fingerprint density at radius 3 is 2.38 bits per heavy atom. The summed E-state index contributed by atoms with van der Waals surface area (Å²) in [5.74, 6) is -0.248.